The van der Waals surface area contributed by atoms with Crippen LogP contribution in [0.4, 0.5) is 10.6 Å². The first kappa shape index (κ1) is 19.3. The number of aryl methyl sites for hydroxylation is 1. The third kappa shape index (κ3) is 4.44. The van der Waals surface area contributed by atoms with Gasteiger partial charge in [-0.3, -0.25) is 9.78 Å². The van der Waals surface area contributed by atoms with Crippen molar-refractivity contribution in [2.45, 2.75) is 13.3 Å². The summed E-state index contributed by atoms with van der Waals surface area (Å²) in [7, 11) is 1.39. The molecule has 1 saturated heterocycles. The van der Waals surface area contributed by atoms with E-state index < -0.39 is 0 Å². The molecule has 3 rings (SSSR count). The number of ketones is 1. The van der Waals surface area contributed by atoms with Crippen molar-refractivity contribution in [3.05, 3.63) is 51.9 Å². The average molecular weight is 433 g/mol. The molecular weight excluding hydrogens is 412 g/mol. The van der Waals surface area contributed by atoms with Gasteiger partial charge in [-0.15, -0.1) is 0 Å². The number of methoxy groups -OCH3 is 1. The van der Waals surface area contributed by atoms with E-state index in [1.165, 1.54) is 7.11 Å². The molecule has 0 saturated carbocycles. The Balaban J connectivity index is 1.80. The van der Waals surface area contributed by atoms with Gasteiger partial charge in [-0.05, 0) is 47.5 Å². The molecule has 8 heteroatoms. The van der Waals surface area contributed by atoms with Crippen LogP contribution in [0.1, 0.15) is 28.2 Å². The van der Waals surface area contributed by atoms with E-state index in [0.717, 1.165) is 23.3 Å². The summed E-state index contributed by atoms with van der Waals surface area (Å²) in [6.45, 7) is 4.40. The minimum Gasteiger partial charge on any atom is -0.453 e. The molecule has 27 heavy (non-hydrogen) atoms. The van der Waals surface area contributed by atoms with E-state index in [4.69, 9.17) is 4.74 Å². The summed E-state index contributed by atoms with van der Waals surface area (Å²) in [5.41, 5.74) is 1.57. The number of amides is 1. The first-order valence-electron chi connectivity index (χ1n) is 8.71. The highest BCUT2D eigenvalue weighted by molar-refractivity contribution is 9.10. The van der Waals surface area contributed by atoms with Crippen molar-refractivity contribution in [2.75, 3.05) is 38.2 Å². The number of hydrogen-bond acceptors (Lipinski definition) is 6. The van der Waals surface area contributed by atoms with E-state index in [-0.39, 0.29) is 11.9 Å². The summed E-state index contributed by atoms with van der Waals surface area (Å²) in [5.74, 6) is 0.572. The van der Waals surface area contributed by atoms with Crippen molar-refractivity contribution in [1.82, 2.24) is 14.9 Å². The van der Waals surface area contributed by atoms with Crippen LogP contribution in [0.25, 0.3) is 0 Å². The number of halogens is 1. The van der Waals surface area contributed by atoms with Gasteiger partial charge < -0.3 is 14.5 Å². The Bertz CT molecular complexity index is 859. The molecule has 142 valence electrons. The average Bonchev–Trinajstić information content (AvgIpc) is 2.95. The number of rotatable bonds is 3. The summed E-state index contributed by atoms with van der Waals surface area (Å²) < 4.78 is 5.56. The lowest BCUT2D eigenvalue weighted by Gasteiger charge is -2.22. The molecule has 7 nitrogen and oxygen atoms in total. The van der Waals surface area contributed by atoms with Crippen molar-refractivity contribution < 1.29 is 14.3 Å². The van der Waals surface area contributed by atoms with Gasteiger partial charge in [-0.1, -0.05) is 6.07 Å². The monoisotopic (exact) mass is 432 g/mol. The quantitative estimate of drug-likeness (QED) is 0.693. The van der Waals surface area contributed by atoms with E-state index >= 15 is 0 Å². The zero-order valence-corrected chi connectivity index (χ0v) is 16.9. The number of hydrogen-bond donors (Lipinski definition) is 0. The maximum Gasteiger partial charge on any atom is 0.409 e. The Labute approximate surface area is 166 Å². The largest absolute Gasteiger partial charge is 0.453 e. The molecule has 1 aliphatic rings. The second kappa shape index (κ2) is 8.47. The molecule has 0 atom stereocenters. The summed E-state index contributed by atoms with van der Waals surface area (Å²) in [6.07, 6.45) is 2.16. The lowest BCUT2D eigenvalue weighted by Crippen LogP contribution is -2.35. The predicted octanol–water partition coefficient (Wildman–Crippen LogP) is 3.06. The molecule has 1 aliphatic heterocycles. The Morgan fingerprint density at radius 3 is 2.78 bits per heavy atom. The lowest BCUT2D eigenvalue weighted by atomic mass is 10.1. The van der Waals surface area contributed by atoms with Gasteiger partial charge in [0.1, 0.15) is 11.5 Å². The summed E-state index contributed by atoms with van der Waals surface area (Å²) in [4.78, 5) is 37.2. The van der Waals surface area contributed by atoms with Crippen LogP contribution in [0.3, 0.4) is 0 Å². The second-order valence-corrected chi connectivity index (χ2v) is 7.21. The third-order valence-electron chi connectivity index (χ3n) is 4.52. The summed E-state index contributed by atoms with van der Waals surface area (Å²) in [6, 6.07) is 7.19. The molecule has 0 aliphatic carbocycles. The highest BCUT2D eigenvalue weighted by Crippen LogP contribution is 2.19. The fraction of sp³-hybridized carbons (Fsp3) is 0.368. The third-order valence-corrected chi connectivity index (χ3v) is 4.95. The Morgan fingerprint density at radius 1 is 1.19 bits per heavy atom. The van der Waals surface area contributed by atoms with E-state index in [2.05, 4.69) is 30.8 Å². The van der Waals surface area contributed by atoms with Gasteiger partial charge in [0, 0.05) is 48.1 Å². The summed E-state index contributed by atoms with van der Waals surface area (Å²) in [5, 5.41) is 0. The number of anilines is 1. The Hall–Kier alpha value is -2.48. The number of carbonyl (C=O) groups excluding carboxylic acids is 2. The fourth-order valence-electron chi connectivity index (χ4n) is 3.06. The lowest BCUT2D eigenvalue weighted by molar-refractivity contribution is 0.103. The molecule has 0 unspecified atom stereocenters. The smallest absolute Gasteiger partial charge is 0.409 e. The van der Waals surface area contributed by atoms with E-state index in [1.54, 1.807) is 30.2 Å². The van der Waals surface area contributed by atoms with Gasteiger partial charge in [0.25, 0.3) is 0 Å². The van der Waals surface area contributed by atoms with Gasteiger partial charge in [-0.2, -0.15) is 0 Å². The highest BCUT2D eigenvalue weighted by Gasteiger charge is 2.21. The number of aromatic nitrogens is 2. The number of nitrogens with zero attached hydrogens (tertiary/aromatic N) is 4. The first-order chi connectivity index (χ1) is 13.0. The van der Waals surface area contributed by atoms with Gasteiger partial charge >= 0.3 is 6.09 Å². The molecule has 0 radical (unpaired) electrons. The minimum absolute atomic E-state index is 0.158. The first-order valence-corrected chi connectivity index (χ1v) is 9.50. The summed E-state index contributed by atoms with van der Waals surface area (Å²) >= 11 is 3.36. The van der Waals surface area contributed by atoms with Crippen LogP contribution in [0.15, 0.2) is 34.9 Å². The van der Waals surface area contributed by atoms with Gasteiger partial charge in [0.05, 0.1) is 7.11 Å². The molecule has 0 bridgehead atoms. The van der Waals surface area contributed by atoms with E-state index in [9.17, 15) is 9.59 Å². The number of carbonyl (C=O) groups is 2. The van der Waals surface area contributed by atoms with Crippen molar-refractivity contribution in [3.63, 3.8) is 0 Å². The molecule has 3 heterocycles. The number of ether oxygens (including phenoxy) is 1. The second-order valence-electron chi connectivity index (χ2n) is 6.29. The van der Waals surface area contributed by atoms with Crippen molar-refractivity contribution in [1.29, 1.82) is 0 Å². The van der Waals surface area contributed by atoms with Crippen LogP contribution in [0.5, 0.6) is 0 Å². The topological polar surface area (TPSA) is 75.6 Å². The van der Waals surface area contributed by atoms with E-state index in [0.29, 0.717) is 36.6 Å². The maximum absolute atomic E-state index is 12.9. The molecule has 0 spiro atoms. The van der Waals surface area contributed by atoms with Crippen LogP contribution in [0.2, 0.25) is 0 Å². The Morgan fingerprint density at radius 2 is 2.00 bits per heavy atom. The predicted molar refractivity (Wildman–Crippen MR) is 105 cm³/mol. The minimum atomic E-state index is -0.314. The Kier molecular flexibility index (Phi) is 6.05. The van der Waals surface area contributed by atoms with Gasteiger partial charge in [-0.25, -0.2) is 9.78 Å². The fourth-order valence-corrected chi connectivity index (χ4v) is 3.39. The normalized spacial score (nSPS) is 14.6. The molecule has 1 amide bonds. The maximum atomic E-state index is 12.9. The van der Waals surface area contributed by atoms with Crippen molar-refractivity contribution in [2.24, 2.45) is 0 Å². The van der Waals surface area contributed by atoms with Crippen molar-refractivity contribution >= 4 is 33.6 Å². The van der Waals surface area contributed by atoms with Crippen molar-refractivity contribution in [3.8, 4) is 0 Å². The highest BCUT2D eigenvalue weighted by atomic mass is 79.9. The number of pyridine rings is 2. The van der Waals surface area contributed by atoms with Crippen LogP contribution >= 0.6 is 15.9 Å². The molecule has 2 aromatic rings. The molecule has 2 aromatic heterocycles. The van der Waals surface area contributed by atoms with Crippen LogP contribution in [0, 0.1) is 6.92 Å². The van der Waals surface area contributed by atoms with E-state index in [1.807, 2.05) is 12.1 Å². The standard InChI is InChI=1S/C19H21BrN4O3/c1-13-15(11-14(20)12-21-13)18(25)16-5-3-6-17(22-16)23-7-4-8-24(10-9-23)19(26)27-2/h3,5-6,11-12H,4,7-10H2,1-2H3. The SMILES string of the molecule is COC(=O)N1CCCN(c2cccc(C(=O)c3cc(Br)cnc3C)n2)CC1. The zero-order chi connectivity index (χ0) is 19.4. The molecular formula is C19H21BrN4O3. The van der Waals surface area contributed by atoms with Gasteiger partial charge in [0.15, 0.2) is 0 Å². The van der Waals surface area contributed by atoms with Crippen LogP contribution in [-0.2, 0) is 4.74 Å². The zero-order valence-electron chi connectivity index (χ0n) is 15.3. The van der Waals surface area contributed by atoms with Crippen LogP contribution < -0.4 is 4.90 Å². The van der Waals surface area contributed by atoms with Gasteiger partial charge in [0.2, 0.25) is 5.78 Å². The molecule has 0 N–H and O–H groups in total. The van der Waals surface area contributed by atoms with Crippen LogP contribution in [-0.4, -0.2) is 60.0 Å². The molecule has 0 aromatic carbocycles. The molecule has 1 fully saturated rings.